The first-order chi connectivity index (χ1) is 8.77. The Hall–Kier alpha value is -1.35. The van der Waals surface area contributed by atoms with E-state index in [1.165, 1.54) is 0 Å². The van der Waals surface area contributed by atoms with Crippen LogP contribution in [0.4, 0.5) is 0 Å². The Balaban J connectivity index is 2.44. The van der Waals surface area contributed by atoms with Crippen LogP contribution < -0.4 is 10.4 Å². The highest BCUT2D eigenvalue weighted by Gasteiger charge is 2.37. The highest BCUT2D eigenvalue weighted by molar-refractivity contribution is 7.30. The fraction of sp³-hybridized carbons (Fsp3) is 0.0667. The van der Waals surface area contributed by atoms with Crippen LogP contribution in [0.3, 0.4) is 0 Å². The van der Waals surface area contributed by atoms with E-state index in [0.29, 0.717) is 6.61 Å². The van der Waals surface area contributed by atoms with Gasteiger partial charge in [0.2, 0.25) is 0 Å². The molecule has 0 aromatic heterocycles. The summed E-state index contributed by atoms with van der Waals surface area (Å²) in [5.74, 6) is 0. The zero-order valence-electron chi connectivity index (χ0n) is 10.1. The molecule has 3 heteroatoms. The molecule has 0 aliphatic heterocycles. The summed E-state index contributed by atoms with van der Waals surface area (Å²) in [6.07, 6.45) is 1.73. The number of halogens is 1. The predicted molar refractivity (Wildman–Crippen MR) is 79.9 cm³/mol. The van der Waals surface area contributed by atoms with Gasteiger partial charge >= 0.3 is 7.63 Å². The molecule has 2 aromatic carbocycles. The van der Waals surface area contributed by atoms with Gasteiger partial charge in [0.1, 0.15) is 0 Å². The minimum absolute atomic E-state index is 0.458. The molecule has 2 rings (SSSR count). The molecule has 0 saturated carbocycles. The van der Waals surface area contributed by atoms with Crippen LogP contribution in [-0.4, -0.2) is 14.2 Å². The Bertz CT molecular complexity index is 459. The monoisotopic (exact) mass is 274 g/mol. The largest absolute Gasteiger partial charge is 0.393 e. The topological polar surface area (TPSA) is 9.23 Å². The lowest BCUT2D eigenvalue weighted by molar-refractivity contribution is 0.376. The van der Waals surface area contributed by atoms with Gasteiger partial charge in [0.15, 0.2) is 0 Å². The Labute approximate surface area is 114 Å². The molecule has 92 valence electrons. The van der Waals surface area contributed by atoms with Crippen LogP contribution in [0.1, 0.15) is 0 Å². The van der Waals surface area contributed by atoms with Crippen molar-refractivity contribution in [3.8, 4) is 0 Å². The van der Waals surface area contributed by atoms with Crippen molar-refractivity contribution in [1.29, 1.82) is 0 Å². The van der Waals surface area contributed by atoms with E-state index in [0.717, 1.165) is 10.4 Å². The highest BCUT2D eigenvalue weighted by Crippen LogP contribution is 2.12. The van der Waals surface area contributed by atoms with Crippen LogP contribution in [0, 0.1) is 0 Å². The molecular formula is C15H15ClOSi. The summed E-state index contributed by atoms with van der Waals surface area (Å²) in [5, 5.41) is 2.11. The molecule has 0 atom stereocenters. The van der Waals surface area contributed by atoms with Crippen LogP contribution >= 0.6 is 11.1 Å². The van der Waals surface area contributed by atoms with Gasteiger partial charge < -0.3 is 4.43 Å². The average Bonchev–Trinajstić information content (AvgIpc) is 2.46. The Morgan fingerprint density at radius 2 is 1.39 bits per heavy atom. The quantitative estimate of drug-likeness (QED) is 0.463. The van der Waals surface area contributed by atoms with Gasteiger partial charge in [-0.2, -0.15) is 0 Å². The van der Waals surface area contributed by atoms with E-state index in [9.17, 15) is 0 Å². The number of benzene rings is 2. The van der Waals surface area contributed by atoms with Crippen LogP contribution in [0.15, 0.2) is 73.3 Å². The molecule has 2 aromatic rings. The van der Waals surface area contributed by atoms with Crippen molar-refractivity contribution in [1.82, 2.24) is 0 Å². The van der Waals surface area contributed by atoms with Crippen LogP contribution in [0.2, 0.25) is 0 Å². The maximum absolute atomic E-state index is 6.84. The van der Waals surface area contributed by atoms with Crippen molar-refractivity contribution in [2.24, 2.45) is 0 Å². The molecular weight excluding hydrogens is 260 g/mol. The Morgan fingerprint density at radius 1 is 0.944 bits per heavy atom. The molecule has 0 fully saturated rings. The van der Waals surface area contributed by atoms with E-state index >= 15 is 0 Å². The van der Waals surface area contributed by atoms with Gasteiger partial charge in [-0.15, -0.1) is 17.7 Å². The van der Waals surface area contributed by atoms with Gasteiger partial charge in [-0.3, -0.25) is 0 Å². The zero-order chi connectivity index (χ0) is 12.8. The summed E-state index contributed by atoms with van der Waals surface area (Å²) in [6.45, 7) is 4.15. The molecule has 0 spiro atoms. The van der Waals surface area contributed by atoms with Crippen molar-refractivity contribution in [2.75, 3.05) is 6.61 Å². The van der Waals surface area contributed by atoms with E-state index in [1.807, 2.05) is 60.7 Å². The van der Waals surface area contributed by atoms with Gasteiger partial charge in [-0.05, 0) is 10.4 Å². The minimum atomic E-state index is -2.62. The fourth-order valence-corrected chi connectivity index (χ4v) is 5.01. The Morgan fingerprint density at radius 3 is 1.78 bits per heavy atom. The summed E-state index contributed by atoms with van der Waals surface area (Å²) >= 11 is 6.84. The highest BCUT2D eigenvalue weighted by atomic mass is 35.6. The predicted octanol–water partition coefficient (Wildman–Crippen LogP) is 2.68. The third kappa shape index (κ3) is 2.72. The van der Waals surface area contributed by atoms with Crippen LogP contribution in [0.5, 0.6) is 0 Å². The molecule has 0 saturated heterocycles. The molecule has 1 nitrogen and oxygen atoms in total. The van der Waals surface area contributed by atoms with Crippen LogP contribution in [0.25, 0.3) is 0 Å². The van der Waals surface area contributed by atoms with Gasteiger partial charge in [-0.25, -0.2) is 0 Å². The molecule has 0 amide bonds. The standard InChI is InChI=1S/C15H15ClOSi/c1-2-13-17-18(16,14-9-5-3-6-10-14)15-11-7-4-8-12-15/h2-12H,1,13H2. The number of hydrogen-bond donors (Lipinski definition) is 0. The first-order valence-corrected chi connectivity index (χ1v) is 8.74. The fourth-order valence-electron chi connectivity index (χ4n) is 1.81. The molecule has 0 unspecified atom stereocenters. The smallest absolute Gasteiger partial charge is 0.355 e. The second kappa shape index (κ2) is 6.00. The summed E-state index contributed by atoms with van der Waals surface area (Å²) < 4.78 is 5.94. The van der Waals surface area contributed by atoms with E-state index in [4.69, 9.17) is 15.5 Å². The minimum Gasteiger partial charge on any atom is -0.393 e. The van der Waals surface area contributed by atoms with Crippen molar-refractivity contribution >= 4 is 29.1 Å². The molecule has 0 bridgehead atoms. The van der Waals surface area contributed by atoms with Crippen molar-refractivity contribution in [2.45, 2.75) is 0 Å². The van der Waals surface area contributed by atoms with Gasteiger partial charge in [0.05, 0.1) is 6.61 Å². The van der Waals surface area contributed by atoms with E-state index in [2.05, 4.69) is 6.58 Å². The second-order valence-electron chi connectivity index (χ2n) is 3.93. The lowest BCUT2D eigenvalue weighted by Gasteiger charge is -2.24. The summed E-state index contributed by atoms with van der Waals surface area (Å²) in [6, 6.07) is 20.0. The first kappa shape index (κ1) is 13.1. The lowest BCUT2D eigenvalue weighted by Crippen LogP contribution is -2.56. The van der Waals surface area contributed by atoms with E-state index in [-0.39, 0.29) is 0 Å². The van der Waals surface area contributed by atoms with Gasteiger partial charge in [0.25, 0.3) is 0 Å². The maximum Gasteiger partial charge on any atom is 0.355 e. The van der Waals surface area contributed by atoms with Gasteiger partial charge in [-0.1, -0.05) is 66.7 Å². The van der Waals surface area contributed by atoms with E-state index in [1.54, 1.807) is 6.08 Å². The van der Waals surface area contributed by atoms with Crippen molar-refractivity contribution < 1.29 is 4.43 Å². The third-order valence-corrected chi connectivity index (χ3v) is 7.04. The molecule has 0 aliphatic carbocycles. The molecule has 0 N–H and O–H groups in total. The maximum atomic E-state index is 6.84. The SMILES string of the molecule is C=CCO[Si](Cl)(c1ccccc1)c1ccccc1. The first-order valence-electron chi connectivity index (χ1n) is 5.82. The third-order valence-electron chi connectivity index (χ3n) is 2.69. The van der Waals surface area contributed by atoms with Crippen molar-refractivity contribution in [3.05, 3.63) is 73.3 Å². The molecule has 0 heterocycles. The summed E-state index contributed by atoms with van der Waals surface area (Å²) in [4.78, 5) is 0. The van der Waals surface area contributed by atoms with Gasteiger partial charge in [0, 0.05) is 0 Å². The zero-order valence-corrected chi connectivity index (χ0v) is 11.8. The molecule has 0 radical (unpaired) electrons. The Kier molecular flexibility index (Phi) is 4.36. The van der Waals surface area contributed by atoms with E-state index < -0.39 is 7.63 Å². The van der Waals surface area contributed by atoms with Crippen molar-refractivity contribution in [3.63, 3.8) is 0 Å². The summed E-state index contributed by atoms with van der Waals surface area (Å²) in [5.41, 5.74) is 0. The number of hydrogen-bond acceptors (Lipinski definition) is 1. The molecule has 18 heavy (non-hydrogen) atoms. The van der Waals surface area contributed by atoms with Crippen LogP contribution in [-0.2, 0) is 4.43 Å². The second-order valence-corrected chi connectivity index (χ2v) is 8.16. The lowest BCUT2D eigenvalue weighted by atomic mass is 10.4. The molecule has 0 aliphatic rings. The normalized spacial score (nSPS) is 11.2. The average molecular weight is 275 g/mol. The number of rotatable bonds is 5. The summed E-state index contributed by atoms with van der Waals surface area (Å²) in [7, 11) is -2.62.